The highest BCUT2D eigenvalue weighted by molar-refractivity contribution is 6.17. The summed E-state index contributed by atoms with van der Waals surface area (Å²) in [5.74, 6) is -3.54. The Hall–Kier alpha value is -1.43. The minimum atomic E-state index is -3.19. The molecule has 3 nitrogen and oxygen atoms in total. The molecule has 0 aliphatic heterocycles. The standard InChI is InChI=1S/C9H6ClF3O3/c10-3-4-1-7(16-9(12)13)6(11)2-5(4)8(14)15/h1-2,9H,3H2,(H,14,15). The summed E-state index contributed by atoms with van der Waals surface area (Å²) >= 11 is 5.41. The maximum atomic E-state index is 13.1. The molecule has 0 aromatic heterocycles. The van der Waals surface area contributed by atoms with Crippen LogP contribution in [0, 0.1) is 5.82 Å². The molecule has 1 aromatic carbocycles. The van der Waals surface area contributed by atoms with Gasteiger partial charge in [-0.25, -0.2) is 9.18 Å². The van der Waals surface area contributed by atoms with Crippen molar-refractivity contribution < 1.29 is 27.8 Å². The fourth-order valence-electron chi connectivity index (χ4n) is 1.09. The van der Waals surface area contributed by atoms with E-state index >= 15 is 0 Å². The van der Waals surface area contributed by atoms with Gasteiger partial charge in [0, 0.05) is 5.88 Å². The fourth-order valence-corrected chi connectivity index (χ4v) is 1.31. The van der Waals surface area contributed by atoms with Gasteiger partial charge >= 0.3 is 12.6 Å². The number of hydrogen-bond acceptors (Lipinski definition) is 2. The molecule has 0 bridgehead atoms. The van der Waals surface area contributed by atoms with Gasteiger partial charge in [-0.1, -0.05) is 0 Å². The van der Waals surface area contributed by atoms with Gasteiger partial charge in [0.05, 0.1) is 5.56 Å². The first-order valence-electron chi connectivity index (χ1n) is 4.02. The van der Waals surface area contributed by atoms with E-state index in [4.69, 9.17) is 16.7 Å². The summed E-state index contributed by atoms with van der Waals surface area (Å²) < 4.78 is 40.7. The molecule has 0 aliphatic carbocycles. The number of carboxylic acid groups (broad SMARTS) is 1. The third kappa shape index (κ3) is 2.79. The van der Waals surface area contributed by atoms with Crippen molar-refractivity contribution in [3.8, 4) is 5.75 Å². The predicted molar refractivity (Wildman–Crippen MR) is 49.5 cm³/mol. The van der Waals surface area contributed by atoms with Crippen LogP contribution in [0.25, 0.3) is 0 Å². The van der Waals surface area contributed by atoms with Crippen LogP contribution < -0.4 is 4.74 Å². The molecule has 7 heteroatoms. The molecule has 0 spiro atoms. The second-order valence-corrected chi connectivity index (χ2v) is 3.02. The van der Waals surface area contributed by atoms with Crippen molar-refractivity contribution in [1.29, 1.82) is 0 Å². The smallest absolute Gasteiger partial charge is 0.387 e. The number of hydrogen-bond donors (Lipinski definition) is 1. The summed E-state index contributed by atoms with van der Waals surface area (Å²) in [6.07, 6.45) is 0. The lowest BCUT2D eigenvalue weighted by atomic mass is 10.1. The lowest BCUT2D eigenvalue weighted by Gasteiger charge is -2.09. The number of benzene rings is 1. The third-order valence-electron chi connectivity index (χ3n) is 1.75. The summed E-state index contributed by atoms with van der Waals surface area (Å²) in [5, 5.41) is 8.68. The molecule has 0 radical (unpaired) electrons. The maximum absolute atomic E-state index is 13.1. The van der Waals surface area contributed by atoms with Crippen LogP contribution in [0.4, 0.5) is 13.2 Å². The molecule has 1 N–H and O–H groups in total. The van der Waals surface area contributed by atoms with Gasteiger partial charge in [-0.2, -0.15) is 8.78 Å². The predicted octanol–water partition coefficient (Wildman–Crippen LogP) is 2.86. The Kier molecular flexibility index (Phi) is 4.00. The van der Waals surface area contributed by atoms with Crippen molar-refractivity contribution in [3.63, 3.8) is 0 Å². The van der Waals surface area contributed by atoms with E-state index in [2.05, 4.69) is 4.74 Å². The van der Waals surface area contributed by atoms with Crippen LogP contribution in [0.1, 0.15) is 15.9 Å². The SMILES string of the molecule is O=C(O)c1cc(F)c(OC(F)F)cc1CCl. The van der Waals surface area contributed by atoms with Crippen molar-refractivity contribution in [2.75, 3.05) is 0 Å². The summed E-state index contributed by atoms with van der Waals surface area (Å²) in [4.78, 5) is 10.7. The Morgan fingerprint density at radius 2 is 2.12 bits per heavy atom. The molecule has 16 heavy (non-hydrogen) atoms. The molecule has 0 saturated heterocycles. The molecule has 1 aromatic rings. The highest BCUT2D eigenvalue weighted by Crippen LogP contribution is 2.25. The number of aromatic carboxylic acids is 1. The Balaban J connectivity index is 3.20. The third-order valence-corrected chi connectivity index (χ3v) is 2.04. The van der Waals surface area contributed by atoms with Crippen LogP contribution in [0.3, 0.4) is 0 Å². The van der Waals surface area contributed by atoms with E-state index in [1.807, 2.05) is 0 Å². The first-order chi connectivity index (χ1) is 7.45. The zero-order chi connectivity index (χ0) is 12.3. The van der Waals surface area contributed by atoms with Gasteiger partial charge in [-0.05, 0) is 17.7 Å². The van der Waals surface area contributed by atoms with Crippen molar-refractivity contribution in [2.24, 2.45) is 0 Å². The van der Waals surface area contributed by atoms with Gasteiger partial charge in [0.25, 0.3) is 0 Å². The van der Waals surface area contributed by atoms with Crippen LogP contribution in [-0.4, -0.2) is 17.7 Å². The molecule has 0 saturated carbocycles. The summed E-state index contributed by atoms with van der Waals surface area (Å²) in [7, 11) is 0. The van der Waals surface area contributed by atoms with Gasteiger partial charge in [0.15, 0.2) is 11.6 Å². The molecule has 1 rings (SSSR count). The van der Waals surface area contributed by atoms with Gasteiger partial charge in [-0.3, -0.25) is 0 Å². The average molecular weight is 255 g/mol. The number of rotatable bonds is 4. The van der Waals surface area contributed by atoms with E-state index in [9.17, 15) is 18.0 Å². The highest BCUT2D eigenvalue weighted by Gasteiger charge is 2.17. The molecule has 0 aliphatic rings. The van der Waals surface area contributed by atoms with Crippen LogP contribution in [0.2, 0.25) is 0 Å². The highest BCUT2D eigenvalue weighted by atomic mass is 35.5. The lowest BCUT2D eigenvalue weighted by molar-refractivity contribution is -0.0522. The van der Waals surface area contributed by atoms with Crippen molar-refractivity contribution >= 4 is 17.6 Å². The minimum Gasteiger partial charge on any atom is -0.478 e. The molecule has 0 unspecified atom stereocenters. The summed E-state index contributed by atoms with van der Waals surface area (Å²) in [5.41, 5.74) is -0.375. The van der Waals surface area contributed by atoms with E-state index in [1.54, 1.807) is 0 Å². The number of carboxylic acids is 1. The average Bonchev–Trinajstić information content (AvgIpc) is 2.19. The number of halogens is 4. The van der Waals surface area contributed by atoms with E-state index in [0.29, 0.717) is 6.07 Å². The van der Waals surface area contributed by atoms with E-state index in [-0.39, 0.29) is 17.0 Å². The normalized spacial score (nSPS) is 10.6. The molecule has 0 fully saturated rings. The van der Waals surface area contributed by atoms with E-state index in [1.165, 1.54) is 0 Å². The van der Waals surface area contributed by atoms with Crippen molar-refractivity contribution in [2.45, 2.75) is 12.5 Å². The van der Waals surface area contributed by atoms with Crippen molar-refractivity contribution in [3.05, 3.63) is 29.1 Å². The lowest BCUT2D eigenvalue weighted by Crippen LogP contribution is -2.07. The molecular formula is C9H6ClF3O3. The Bertz CT molecular complexity index is 409. The number of ether oxygens (including phenoxy) is 1. The number of alkyl halides is 3. The Labute approximate surface area is 93.4 Å². The molecule has 0 amide bonds. The van der Waals surface area contributed by atoms with Gasteiger partial charge in [-0.15, -0.1) is 11.6 Å². The fraction of sp³-hybridized carbons (Fsp3) is 0.222. The van der Waals surface area contributed by atoms with Gasteiger partial charge < -0.3 is 9.84 Å². The number of carbonyl (C=O) groups is 1. The second-order valence-electron chi connectivity index (χ2n) is 2.76. The quantitative estimate of drug-likeness (QED) is 0.841. The van der Waals surface area contributed by atoms with Gasteiger partial charge in [0.2, 0.25) is 0 Å². The van der Waals surface area contributed by atoms with E-state index < -0.39 is 24.1 Å². The first-order valence-corrected chi connectivity index (χ1v) is 4.55. The molecule has 88 valence electrons. The first kappa shape index (κ1) is 12.6. The molecular weight excluding hydrogens is 249 g/mol. The monoisotopic (exact) mass is 254 g/mol. The van der Waals surface area contributed by atoms with Crippen LogP contribution in [0.15, 0.2) is 12.1 Å². The summed E-state index contributed by atoms with van der Waals surface area (Å²) in [6.45, 7) is -3.19. The van der Waals surface area contributed by atoms with Crippen molar-refractivity contribution in [1.82, 2.24) is 0 Å². The van der Waals surface area contributed by atoms with E-state index in [0.717, 1.165) is 6.07 Å². The minimum absolute atomic E-state index is 0.00576. The Morgan fingerprint density at radius 3 is 2.56 bits per heavy atom. The zero-order valence-corrected chi connectivity index (χ0v) is 8.47. The van der Waals surface area contributed by atoms with Gasteiger partial charge in [0.1, 0.15) is 0 Å². The second kappa shape index (κ2) is 5.07. The largest absolute Gasteiger partial charge is 0.478 e. The Morgan fingerprint density at radius 1 is 1.50 bits per heavy atom. The van der Waals surface area contributed by atoms with Crippen LogP contribution in [0.5, 0.6) is 5.75 Å². The molecule has 0 atom stereocenters. The maximum Gasteiger partial charge on any atom is 0.387 e. The van der Waals surface area contributed by atoms with Crippen LogP contribution >= 0.6 is 11.6 Å². The summed E-state index contributed by atoms with van der Waals surface area (Å²) in [6, 6.07) is 1.44. The van der Waals surface area contributed by atoms with Crippen LogP contribution in [-0.2, 0) is 5.88 Å². The topological polar surface area (TPSA) is 46.5 Å². The zero-order valence-electron chi connectivity index (χ0n) is 7.71. The molecule has 0 heterocycles.